The van der Waals surface area contributed by atoms with E-state index in [-0.39, 0.29) is 25.7 Å². The van der Waals surface area contributed by atoms with Crippen LogP contribution >= 0.6 is 15.6 Å². The van der Waals surface area contributed by atoms with Crippen LogP contribution in [0.1, 0.15) is 344 Å². The zero-order valence-corrected chi connectivity index (χ0v) is 59.0. The van der Waals surface area contributed by atoms with Crippen molar-refractivity contribution < 1.29 is 80.2 Å². The van der Waals surface area contributed by atoms with Gasteiger partial charge in [0.2, 0.25) is 0 Å². The van der Waals surface area contributed by atoms with Gasteiger partial charge in [-0.25, -0.2) is 9.13 Å². The molecular formula is C69H134O17P2. The minimum atomic E-state index is -4.95. The number of carbonyl (C=O) groups is 4. The topological polar surface area (TPSA) is 237 Å². The smallest absolute Gasteiger partial charge is 0.462 e. The molecule has 19 heteroatoms. The molecule has 0 aromatic carbocycles. The van der Waals surface area contributed by atoms with E-state index in [9.17, 15) is 43.2 Å². The summed E-state index contributed by atoms with van der Waals surface area (Å²) < 4.78 is 68.1. The largest absolute Gasteiger partial charge is 0.472 e. The van der Waals surface area contributed by atoms with Crippen LogP contribution in [0.15, 0.2) is 0 Å². The lowest BCUT2D eigenvalue weighted by Gasteiger charge is -2.21. The van der Waals surface area contributed by atoms with Gasteiger partial charge in [0, 0.05) is 25.7 Å². The molecule has 5 atom stereocenters. The molecule has 522 valence electrons. The van der Waals surface area contributed by atoms with Gasteiger partial charge in [0.15, 0.2) is 12.2 Å². The summed E-state index contributed by atoms with van der Waals surface area (Å²) in [6.07, 6.45) is 43.2. The van der Waals surface area contributed by atoms with Crippen LogP contribution in [-0.2, 0) is 65.4 Å². The molecule has 0 aliphatic heterocycles. The molecule has 3 N–H and O–H groups in total. The van der Waals surface area contributed by atoms with E-state index in [1.807, 2.05) is 0 Å². The van der Waals surface area contributed by atoms with E-state index in [0.717, 1.165) is 108 Å². The fraction of sp³-hybridized carbons (Fsp3) is 0.942. The van der Waals surface area contributed by atoms with Crippen LogP contribution in [-0.4, -0.2) is 96.7 Å². The van der Waals surface area contributed by atoms with Crippen molar-refractivity contribution in [3.8, 4) is 0 Å². The second kappa shape index (κ2) is 60.0. The molecule has 0 aromatic heterocycles. The third-order valence-corrected chi connectivity index (χ3v) is 17.8. The van der Waals surface area contributed by atoms with E-state index in [1.54, 1.807) is 0 Å². The monoisotopic (exact) mass is 1300 g/mol. The number of rotatable bonds is 67. The van der Waals surface area contributed by atoms with Crippen molar-refractivity contribution in [1.82, 2.24) is 0 Å². The Bertz CT molecular complexity index is 1730. The third-order valence-electron chi connectivity index (χ3n) is 15.9. The molecule has 0 rings (SSSR count). The first-order chi connectivity index (χ1) is 42.2. The van der Waals surface area contributed by atoms with Crippen molar-refractivity contribution in [3.05, 3.63) is 0 Å². The number of unbranched alkanes of at least 4 members (excludes halogenated alkanes) is 35. The summed E-state index contributed by atoms with van der Waals surface area (Å²) in [7, 11) is -9.89. The average Bonchev–Trinajstić information content (AvgIpc) is 3.68. The van der Waals surface area contributed by atoms with Gasteiger partial charge in [-0.15, -0.1) is 0 Å². The number of esters is 4. The van der Waals surface area contributed by atoms with Crippen LogP contribution in [0.5, 0.6) is 0 Å². The first-order valence-electron chi connectivity index (χ1n) is 35.8. The molecule has 0 saturated heterocycles. The molecule has 0 radical (unpaired) electrons. The van der Waals surface area contributed by atoms with Crippen LogP contribution in [0, 0.1) is 17.8 Å². The highest BCUT2D eigenvalue weighted by molar-refractivity contribution is 7.47. The fourth-order valence-corrected chi connectivity index (χ4v) is 11.9. The summed E-state index contributed by atoms with van der Waals surface area (Å²) >= 11 is 0. The van der Waals surface area contributed by atoms with Crippen LogP contribution < -0.4 is 0 Å². The SMILES string of the molecule is CCCCCCCCCCC(=O)OC[C@H](COP(=O)(O)OC[C@H](O)COP(=O)(O)OC[C@@H](COC(=O)CCCCCCCCCCCCC(C)C)OC(=O)CCCCCCCCCCCCCCCCC(C)C)OC(=O)CCCCCCCCCC(C)C. The standard InChI is InChI=1S/C69H134O17P2/c1-8-9-10-11-12-29-36-43-50-66(71)79-56-65(86-69(74)53-46-39-32-25-28-35-42-49-62(6)7)59-84-88(77,78)82-55-63(70)54-81-87(75,76)83-58-64(57-80-67(72)51-44-37-30-23-20-19-22-27-34-41-48-61(4)5)85-68(73)52-45-38-31-24-18-16-14-13-15-17-21-26-33-40-47-60(2)3/h60-65,70H,8-59H2,1-7H3,(H,75,76)(H,77,78)/t63-,64-,65-/m1/s1. The number of hydrogen-bond acceptors (Lipinski definition) is 15. The van der Waals surface area contributed by atoms with Gasteiger partial charge in [-0.1, -0.05) is 292 Å². The maximum atomic E-state index is 13.0. The third kappa shape index (κ3) is 62.8. The summed E-state index contributed by atoms with van der Waals surface area (Å²) in [6, 6.07) is 0. The second-order valence-corrected chi connectivity index (χ2v) is 29.3. The molecule has 0 spiro atoms. The average molecular weight is 1300 g/mol. The molecule has 0 fully saturated rings. The predicted molar refractivity (Wildman–Crippen MR) is 354 cm³/mol. The molecular weight excluding hydrogens is 1160 g/mol. The Kier molecular flexibility index (Phi) is 58.7. The fourth-order valence-electron chi connectivity index (χ4n) is 10.4. The predicted octanol–water partition coefficient (Wildman–Crippen LogP) is 19.5. The molecule has 0 aromatic rings. The number of carbonyl (C=O) groups excluding carboxylic acids is 4. The van der Waals surface area contributed by atoms with Gasteiger partial charge in [0.1, 0.15) is 19.3 Å². The highest BCUT2D eigenvalue weighted by Crippen LogP contribution is 2.45. The Labute approximate surface area is 537 Å². The van der Waals surface area contributed by atoms with Crippen LogP contribution in [0.3, 0.4) is 0 Å². The number of aliphatic hydroxyl groups is 1. The molecule has 0 saturated carbocycles. The van der Waals surface area contributed by atoms with Gasteiger partial charge in [-0.2, -0.15) is 0 Å². The molecule has 0 aliphatic rings. The highest BCUT2D eigenvalue weighted by atomic mass is 31.2. The molecule has 17 nitrogen and oxygen atoms in total. The zero-order valence-electron chi connectivity index (χ0n) is 57.2. The lowest BCUT2D eigenvalue weighted by molar-refractivity contribution is -0.161. The first-order valence-corrected chi connectivity index (χ1v) is 38.8. The molecule has 0 amide bonds. The van der Waals surface area contributed by atoms with E-state index in [2.05, 4.69) is 48.5 Å². The van der Waals surface area contributed by atoms with Crippen molar-refractivity contribution in [1.29, 1.82) is 0 Å². The zero-order chi connectivity index (χ0) is 65.2. The minimum absolute atomic E-state index is 0.103. The Balaban J connectivity index is 5.22. The first kappa shape index (κ1) is 86.1. The van der Waals surface area contributed by atoms with E-state index >= 15 is 0 Å². The van der Waals surface area contributed by atoms with Crippen molar-refractivity contribution in [2.75, 3.05) is 39.6 Å². The van der Waals surface area contributed by atoms with Gasteiger partial charge in [0.05, 0.1) is 26.4 Å². The Morgan fingerprint density at radius 2 is 0.523 bits per heavy atom. The summed E-state index contributed by atoms with van der Waals surface area (Å²) in [4.78, 5) is 72.4. The quantitative estimate of drug-likeness (QED) is 0.0222. The number of phosphoric acid groups is 2. The molecule has 0 bridgehead atoms. The van der Waals surface area contributed by atoms with Crippen LogP contribution in [0.25, 0.3) is 0 Å². The van der Waals surface area contributed by atoms with E-state index in [4.69, 9.17) is 37.0 Å². The van der Waals surface area contributed by atoms with Crippen molar-refractivity contribution in [3.63, 3.8) is 0 Å². The summed E-state index contributed by atoms with van der Waals surface area (Å²) in [5, 5.41) is 10.6. The number of ether oxygens (including phenoxy) is 4. The van der Waals surface area contributed by atoms with E-state index in [0.29, 0.717) is 31.6 Å². The molecule has 2 unspecified atom stereocenters. The van der Waals surface area contributed by atoms with Gasteiger partial charge in [-0.05, 0) is 43.4 Å². The Morgan fingerprint density at radius 1 is 0.307 bits per heavy atom. The Morgan fingerprint density at radius 3 is 0.773 bits per heavy atom. The van der Waals surface area contributed by atoms with Gasteiger partial charge in [-0.3, -0.25) is 37.3 Å². The number of phosphoric ester groups is 2. The minimum Gasteiger partial charge on any atom is -0.462 e. The summed E-state index contributed by atoms with van der Waals surface area (Å²) in [6.45, 7) is 11.8. The van der Waals surface area contributed by atoms with Gasteiger partial charge in [0.25, 0.3) is 0 Å². The lowest BCUT2D eigenvalue weighted by atomic mass is 10.0. The van der Waals surface area contributed by atoms with Gasteiger partial charge >= 0.3 is 39.5 Å². The van der Waals surface area contributed by atoms with Gasteiger partial charge < -0.3 is 33.8 Å². The Hall–Kier alpha value is -1.94. The normalized spacial score (nSPS) is 14.2. The molecule has 0 heterocycles. The summed E-state index contributed by atoms with van der Waals surface area (Å²) in [5.74, 6) is 0.118. The second-order valence-electron chi connectivity index (χ2n) is 26.3. The number of aliphatic hydroxyl groups excluding tert-OH is 1. The highest BCUT2D eigenvalue weighted by Gasteiger charge is 2.30. The number of hydrogen-bond donors (Lipinski definition) is 3. The molecule has 88 heavy (non-hydrogen) atoms. The van der Waals surface area contributed by atoms with Crippen LogP contribution in [0.4, 0.5) is 0 Å². The molecule has 0 aliphatic carbocycles. The van der Waals surface area contributed by atoms with Crippen molar-refractivity contribution in [2.24, 2.45) is 17.8 Å². The lowest BCUT2D eigenvalue weighted by Crippen LogP contribution is -2.30. The maximum Gasteiger partial charge on any atom is 0.472 e. The summed E-state index contributed by atoms with van der Waals surface area (Å²) in [5.41, 5.74) is 0. The van der Waals surface area contributed by atoms with E-state index in [1.165, 1.54) is 148 Å². The van der Waals surface area contributed by atoms with Crippen molar-refractivity contribution >= 4 is 39.5 Å². The van der Waals surface area contributed by atoms with Crippen molar-refractivity contribution in [2.45, 2.75) is 362 Å². The van der Waals surface area contributed by atoms with E-state index < -0.39 is 97.5 Å². The van der Waals surface area contributed by atoms with Crippen LogP contribution in [0.2, 0.25) is 0 Å². The maximum absolute atomic E-state index is 13.0.